The lowest BCUT2D eigenvalue weighted by molar-refractivity contribution is 0.208. The second kappa shape index (κ2) is 6.06. The molecule has 1 atom stereocenters. The molecule has 0 N–H and O–H groups in total. The van der Waals surface area contributed by atoms with Gasteiger partial charge in [-0.2, -0.15) is 0 Å². The van der Waals surface area contributed by atoms with Crippen molar-refractivity contribution in [3.8, 4) is 0 Å². The monoisotopic (exact) mass is 291 g/mol. The molecule has 106 valence electrons. The summed E-state index contributed by atoms with van der Waals surface area (Å²) in [6.07, 6.45) is -5.84. The van der Waals surface area contributed by atoms with E-state index in [-0.39, 0.29) is 13.0 Å². The molecule has 0 aromatic heterocycles. The van der Waals surface area contributed by atoms with Crippen molar-refractivity contribution in [1.82, 2.24) is 4.90 Å². The maximum Gasteiger partial charge on any atom is 0.175 e. The summed E-state index contributed by atoms with van der Waals surface area (Å²) in [5.74, 6) is -3.15. The SMILES string of the molecule is [2H]c1c([C@]2([2H])C([2H])([2H])N(CCC)C([2H])([2H])C([2H])([2H])C2([2H])[2H])cccc1S(C)(=O)=O. The van der Waals surface area contributed by atoms with E-state index in [2.05, 4.69) is 0 Å². The van der Waals surface area contributed by atoms with E-state index in [0.717, 1.165) is 24.5 Å². The second-order valence-corrected chi connectivity index (χ2v) is 6.19. The van der Waals surface area contributed by atoms with Crippen molar-refractivity contribution in [2.24, 2.45) is 0 Å². The molecule has 1 aliphatic rings. The normalized spacial score (nSPS) is 43.7. The third kappa shape index (κ3) is 3.80. The molecule has 1 aromatic carbocycles. The lowest BCUT2D eigenvalue weighted by Gasteiger charge is -2.32. The fraction of sp³-hybridized carbons (Fsp3) is 0.600. The molecule has 1 aliphatic heterocycles. The fourth-order valence-electron chi connectivity index (χ4n) is 1.62. The summed E-state index contributed by atoms with van der Waals surface area (Å²) in [4.78, 5) is -0.0923. The molecule has 0 radical (unpaired) electrons. The highest BCUT2D eigenvalue weighted by molar-refractivity contribution is 7.90. The van der Waals surface area contributed by atoms with E-state index in [4.69, 9.17) is 13.7 Å². The molecule has 2 rings (SSSR count). The van der Waals surface area contributed by atoms with E-state index in [1.807, 2.05) is 0 Å². The van der Waals surface area contributed by atoms with Crippen molar-refractivity contribution in [2.75, 3.05) is 25.8 Å². The first kappa shape index (κ1) is 6.27. The van der Waals surface area contributed by atoms with Gasteiger partial charge in [-0.1, -0.05) is 19.1 Å². The van der Waals surface area contributed by atoms with Crippen LogP contribution in [-0.4, -0.2) is 39.1 Å². The summed E-state index contributed by atoms with van der Waals surface area (Å²) >= 11 is 0. The maximum atomic E-state index is 12.0. The van der Waals surface area contributed by atoms with Gasteiger partial charge in [-0.25, -0.2) is 8.42 Å². The van der Waals surface area contributed by atoms with Crippen LogP contribution in [0.4, 0.5) is 0 Å². The maximum absolute atomic E-state index is 12.0. The molecule has 0 aliphatic carbocycles. The molecule has 4 heteroatoms. The summed E-state index contributed by atoms with van der Waals surface area (Å²) in [5.41, 5.74) is -0.670. The number of hydrogen-bond donors (Lipinski definition) is 0. The van der Waals surface area contributed by atoms with Gasteiger partial charge in [-0.05, 0) is 55.8 Å². The van der Waals surface area contributed by atoms with Gasteiger partial charge in [0.15, 0.2) is 9.84 Å². The average molecular weight is 291 g/mol. The quantitative estimate of drug-likeness (QED) is 0.856. The van der Waals surface area contributed by atoms with E-state index >= 15 is 0 Å². The molecular weight excluding hydrogens is 258 g/mol. The molecule has 1 aromatic rings. The largest absolute Gasteiger partial charge is 0.303 e. The van der Waals surface area contributed by atoms with E-state index in [0.29, 0.717) is 4.90 Å². The van der Waals surface area contributed by atoms with Gasteiger partial charge in [0.05, 0.1) is 6.27 Å². The Bertz CT molecular complexity index is 918. The van der Waals surface area contributed by atoms with Gasteiger partial charge in [-0.3, -0.25) is 0 Å². The van der Waals surface area contributed by atoms with E-state index in [1.54, 1.807) is 6.92 Å². The molecule has 0 unspecified atom stereocenters. The van der Waals surface area contributed by atoms with Crippen molar-refractivity contribution in [3.63, 3.8) is 0 Å². The molecule has 1 fully saturated rings. The van der Waals surface area contributed by atoms with E-state index < -0.39 is 58.0 Å². The number of likely N-dealkylation sites (tertiary alicyclic amines) is 1. The van der Waals surface area contributed by atoms with Crippen LogP contribution in [0.3, 0.4) is 0 Å². The van der Waals surface area contributed by atoms with Gasteiger partial charge in [0, 0.05) is 25.1 Å². The van der Waals surface area contributed by atoms with Crippen molar-refractivity contribution in [1.29, 1.82) is 0 Å². The van der Waals surface area contributed by atoms with Crippen molar-refractivity contribution in [2.45, 2.75) is 36.9 Å². The summed E-state index contributed by atoms with van der Waals surface area (Å²) in [6, 6.07) is 2.40. The minimum atomic E-state index is -3.97. The molecule has 0 spiro atoms. The van der Waals surface area contributed by atoms with Crippen LogP contribution in [0, 0.1) is 0 Å². The van der Waals surface area contributed by atoms with Crippen LogP contribution in [-0.2, 0) is 9.84 Å². The van der Waals surface area contributed by atoms with Crippen molar-refractivity contribution >= 4 is 9.84 Å². The van der Waals surface area contributed by atoms with E-state index in [1.165, 1.54) is 0 Å². The minimum Gasteiger partial charge on any atom is -0.303 e. The Balaban J connectivity index is 2.99. The van der Waals surface area contributed by atoms with Gasteiger partial charge in [0.1, 0.15) is 0 Å². The van der Waals surface area contributed by atoms with Crippen LogP contribution in [0.1, 0.15) is 51.3 Å². The zero-order valence-corrected chi connectivity index (χ0v) is 11.6. The third-order valence-electron chi connectivity index (χ3n) is 2.51. The number of rotatable bonds is 4. The highest BCUT2D eigenvalue weighted by atomic mass is 32.2. The second-order valence-electron chi connectivity index (χ2n) is 4.20. The Morgan fingerprint density at radius 1 is 1.58 bits per heavy atom. The van der Waals surface area contributed by atoms with Crippen LogP contribution in [0.25, 0.3) is 0 Å². The molecule has 0 saturated carbocycles. The molecule has 19 heavy (non-hydrogen) atoms. The minimum absolute atomic E-state index is 0.186. The zero-order valence-electron chi connectivity index (χ0n) is 20.8. The highest BCUT2D eigenvalue weighted by Gasteiger charge is 2.21. The third-order valence-corrected chi connectivity index (χ3v) is 3.55. The zero-order chi connectivity index (χ0) is 22.8. The Morgan fingerprint density at radius 2 is 2.37 bits per heavy atom. The lowest BCUT2D eigenvalue weighted by atomic mass is 9.90. The van der Waals surface area contributed by atoms with Crippen molar-refractivity contribution in [3.05, 3.63) is 29.8 Å². The van der Waals surface area contributed by atoms with Gasteiger partial charge in [-0.15, -0.1) is 0 Å². The highest BCUT2D eigenvalue weighted by Crippen LogP contribution is 2.28. The average Bonchev–Trinajstić information content (AvgIpc) is 2.56. The van der Waals surface area contributed by atoms with Crippen LogP contribution < -0.4 is 0 Å². The Morgan fingerprint density at radius 3 is 3.05 bits per heavy atom. The summed E-state index contributed by atoms with van der Waals surface area (Å²) in [7, 11) is -3.97. The van der Waals surface area contributed by atoms with Crippen LogP contribution in [0.2, 0.25) is 0 Å². The summed E-state index contributed by atoms with van der Waals surface area (Å²) in [6.45, 7) is -4.96. The standard InChI is InChI=1S/C15H23NO2S/c1-3-9-16-10-5-7-14(12-16)13-6-4-8-15(11-13)19(2,17)18/h4,6,8,11,14H,3,5,7,9-10,12H2,1-2H3/t14-/m0/s1/i5D2,7D2,10D2,11D,12D2,14D. The predicted molar refractivity (Wildman–Crippen MR) is 78.3 cm³/mol. The molecule has 3 nitrogen and oxygen atoms in total. The van der Waals surface area contributed by atoms with Crippen LogP contribution >= 0.6 is 0 Å². The van der Waals surface area contributed by atoms with Gasteiger partial charge in [0.2, 0.25) is 0 Å². The number of sulfone groups is 1. The Hall–Kier alpha value is -0.870. The smallest absolute Gasteiger partial charge is 0.175 e. The topological polar surface area (TPSA) is 37.4 Å². The molecule has 1 heterocycles. The van der Waals surface area contributed by atoms with Crippen LogP contribution in [0.5, 0.6) is 0 Å². The van der Waals surface area contributed by atoms with Gasteiger partial charge in [0.25, 0.3) is 0 Å². The molecular formula is C15H23NO2S. The number of hydrogen-bond acceptors (Lipinski definition) is 3. The Labute approximate surface area is 130 Å². The fourth-order valence-corrected chi connectivity index (χ4v) is 2.24. The molecule has 0 amide bonds. The lowest BCUT2D eigenvalue weighted by Crippen LogP contribution is -2.34. The molecule has 1 saturated heterocycles. The predicted octanol–water partition coefficient (Wildman–Crippen LogP) is 2.68. The Kier molecular flexibility index (Phi) is 2.00. The van der Waals surface area contributed by atoms with Gasteiger partial charge < -0.3 is 4.90 Å². The van der Waals surface area contributed by atoms with Crippen LogP contribution in [0.15, 0.2) is 29.1 Å². The van der Waals surface area contributed by atoms with Crippen molar-refractivity contribution < 1.29 is 22.1 Å². The number of piperidine rings is 1. The first-order valence-corrected chi connectivity index (χ1v) is 7.80. The van der Waals surface area contributed by atoms with E-state index in [9.17, 15) is 8.42 Å². The molecule has 0 bridgehead atoms. The number of nitrogens with zero attached hydrogens (tertiary/aromatic N) is 1. The van der Waals surface area contributed by atoms with Gasteiger partial charge >= 0.3 is 0 Å². The first-order valence-electron chi connectivity index (χ1n) is 10.9. The number of benzene rings is 1. The summed E-state index contributed by atoms with van der Waals surface area (Å²) < 4.78 is 107. The first-order chi connectivity index (χ1) is 12.8. The summed E-state index contributed by atoms with van der Waals surface area (Å²) in [5, 5.41) is 0.